The van der Waals surface area contributed by atoms with Gasteiger partial charge in [0.2, 0.25) is 0 Å². The maximum Gasteiger partial charge on any atom is 0.137 e. The third-order valence-corrected chi connectivity index (χ3v) is 10.3. The van der Waals surface area contributed by atoms with Crippen LogP contribution in [0.3, 0.4) is 0 Å². The summed E-state index contributed by atoms with van der Waals surface area (Å²) in [5.74, 6) is 0. The molecule has 0 unspecified atom stereocenters. The molecule has 0 N–H and O–H groups in total. The second kappa shape index (κ2) is 9.96. The van der Waals surface area contributed by atoms with Crippen molar-refractivity contribution in [3.05, 3.63) is 170 Å². The molecule has 0 aliphatic heterocycles. The average molecular weight is 625 g/mol. The van der Waals surface area contributed by atoms with Crippen molar-refractivity contribution in [1.82, 2.24) is 9.13 Å². The largest absolute Gasteiger partial charge is 0.456 e. The zero-order chi connectivity index (χ0) is 32.1. The van der Waals surface area contributed by atoms with Crippen molar-refractivity contribution in [2.24, 2.45) is 0 Å². The molecule has 3 aromatic heterocycles. The van der Waals surface area contributed by atoms with E-state index in [0.717, 1.165) is 33.3 Å². The summed E-state index contributed by atoms with van der Waals surface area (Å²) in [6, 6.07) is 61.3. The second-order valence-corrected chi connectivity index (χ2v) is 12.9. The molecular weight excluding hydrogens is 597 g/mol. The molecule has 0 aliphatic carbocycles. The van der Waals surface area contributed by atoms with Crippen molar-refractivity contribution in [3.63, 3.8) is 0 Å². The fourth-order valence-electron chi connectivity index (χ4n) is 8.15. The Bertz CT molecular complexity index is 3100. The Morgan fingerprint density at radius 3 is 1.90 bits per heavy atom. The van der Waals surface area contributed by atoms with E-state index in [-0.39, 0.29) is 0 Å². The fraction of sp³-hybridized carbons (Fsp3) is 0. The standard InChI is InChI=1S/C46H28N2O/c1-2-11-31-28-32(21-20-29(31)10-1)30-22-24-33(25-23-30)47-39-16-7-4-13-36(39)45-41(47)27-26-35-34-12-3-6-15-38(34)48(46(35)45)40-17-9-19-43-44(40)37-14-5-8-18-42(37)49-43/h1-28H. The van der Waals surface area contributed by atoms with Crippen molar-refractivity contribution in [2.45, 2.75) is 0 Å². The van der Waals surface area contributed by atoms with Crippen LogP contribution in [-0.4, -0.2) is 9.13 Å². The van der Waals surface area contributed by atoms with Crippen molar-refractivity contribution < 1.29 is 4.42 Å². The van der Waals surface area contributed by atoms with Gasteiger partial charge in [-0.3, -0.25) is 0 Å². The van der Waals surface area contributed by atoms with E-state index in [1.54, 1.807) is 0 Å². The average Bonchev–Trinajstić information content (AvgIpc) is 3.82. The number of benzene rings is 8. The van der Waals surface area contributed by atoms with E-state index in [1.807, 2.05) is 6.07 Å². The van der Waals surface area contributed by atoms with Gasteiger partial charge in [-0.05, 0) is 76.5 Å². The summed E-state index contributed by atoms with van der Waals surface area (Å²) in [6.07, 6.45) is 0. The number of rotatable bonds is 3. The van der Waals surface area contributed by atoms with Crippen molar-refractivity contribution >= 4 is 76.3 Å². The van der Waals surface area contributed by atoms with Gasteiger partial charge in [-0.2, -0.15) is 0 Å². The van der Waals surface area contributed by atoms with Crippen LogP contribution in [0.4, 0.5) is 0 Å². The highest BCUT2D eigenvalue weighted by Crippen LogP contribution is 2.44. The van der Waals surface area contributed by atoms with Crippen molar-refractivity contribution in [3.8, 4) is 22.5 Å². The molecule has 0 fully saturated rings. The minimum atomic E-state index is 0.894. The number of furan rings is 1. The van der Waals surface area contributed by atoms with Crippen molar-refractivity contribution in [2.75, 3.05) is 0 Å². The quantitative estimate of drug-likeness (QED) is 0.192. The van der Waals surface area contributed by atoms with Gasteiger partial charge in [0.25, 0.3) is 0 Å². The SMILES string of the molecule is c1ccc2cc(-c3ccc(-n4c5ccccc5c5c4ccc4c6ccccc6n(-c6cccc7oc8ccccc8c67)c45)cc3)ccc2c1. The molecule has 3 nitrogen and oxygen atoms in total. The van der Waals surface area contributed by atoms with Crippen LogP contribution in [0.25, 0.3) is 98.8 Å². The lowest BCUT2D eigenvalue weighted by Gasteiger charge is -2.12. The van der Waals surface area contributed by atoms with Gasteiger partial charge in [0, 0.05) is 32.6 Å². The molecule has 0 amide bonds. The number of fused-ring (bicyclic) bond motifs is 11. The maximum absolute atomic E-state index is 6.38. The third-order valence-electron chi connectivity index (χ3n) is 10.3. The van der Waals surface area contributed by atoms with Crippen LogP contribution in [0, 0.1) is 0 Å². The van der Waals surface area contributed by atoms with Gasteiger partial charge >= 0.3 is 0 Å². The molecule has 11 rings (SSSR count). The van der Waals surface area contributed by atoms with Gasteiger partial charge < -0.3 is 13.6 Å². The molecule has 49 heavy (non-hydrogen) atoms. The van der Waals surface area contributed by atoms with E-state index < -0.39 is 0 Å². The van der Waals surface area contributed by atoms with Gasteiger partial charge in [0.1, 0.15) is 11.2 Å². The number of nitrogens with zero attached hydrogens (tertiary/aromatic N) is 2. The van der Waals surface area contributed by atoms with E-state index in [1.165, 1.54) is 65.5 Å². The van der Waals surface area contributed by atoms with E-state index >= 15 is 0 Å². The first-order valence-electron chi connectivity index (χ1n) is 16.8. The van der Waals surface area contributed by atoms with Crippen molar-refractivity contribution in [1.29, 1.82) is 0 Å². The summed E-state index contributed by atoms with van der Waals surface area (Å²) in [4.78, 5) is 0. The molecular formula is C46H28N2O. The zero-order valence-electron chi connectivity index (χ0n) is 26.5. The predicted octanol–water partition coefficient (Wildman–Crippen LogP) is 12.6. The lowest BCUT2D eigenvalue weighted by atomic mass is 10.0. The van der Waals surface area contributed by atoms with Crippen LogP contribution in [0.1, 0.15) is 0 Å². The van der Waals surface area contributed by atoms with E-state index in [9.17, 15) is 0 Å². The van der Waals surface area contributed by atoms with Gasteiger partial charge in [-0.15, -0.1) is 0 Å². The molecule has 0 radical (unpaired) electrons. The highest BCUT2D eigenvalue weighted by Gasteiger charge is 2.22. The Labute approximate surface area is 281 Å². The monoisotopic (exact) mass is 624 g/mol. The van der Waals surface area contributed by atoms with Gasteiger partial charge in [0.15, 0.2) is 0 Å². The molecule has 3 heteroatoms. The summed E-state index contributed by atoms with van der Waals surface area (Å²) >= 11 is 0. The van der Waals surface area contributed by atoms with Gasteiger partial charge in [0.05, 0.1) is 33.1 Å². The van der Waals surface area contributed by atoms with E-state index in [4.69, 9.17) is 4.42 Å². The smallest absolute Gasteiger partial charge is 0.137 e. The van der Waals surface area contributed by atoms with Crippen LogP contribution >= 0.6 is 0 Å². The fourth-order valence-corrected chi connectivity index (χ4v) is 8.15. The highest BCUT2D eigenvalue weighted by molar-refractivity contribution is 6.27. The summed E-state index contributed by atoms with van der Waals surface area (Å²) in [7, 11) is 0. The summed E-state index contributed by atoms with van der Waals surface area (Å²) in [5, 5.41) is 9.72. The Kier molecular flexibility index (Phi) is 5.38. The first-order chi connectivity index (χ1) is 24.3. The molecule has 11 aromatic rings. The molecule has 0 atom stereocenters. The summed E-state index contributed by atoms with van der Waals surface area (Å²) in [6.45, 7) is 0. The minimum Gasteiger partial charge on any atom is -0.456 e. The molecule has 0 saturated carbocycles. The van der Waals surface area contributed by atoms with Crippen LogP contribution in [0.15, 0.2) is 174 Å². The molecule has 8 aromatic carbocycles. The molecule has 228 valence electrons. The first-order valence-corrected chi connectivity index (χ1v) is 16.8. The number of aromatic nitrogens is 2. The Morgan fingerprint density at radius 1 is 0.367 bits per heavy atom. The van der Waals surface area contributed by atoms with E-state index in [0.29, 0.717) is 0 Å². The third kappa shape index (κ3) is 3.73. The lowest BCUT2D eigenvalue weighted by Crippen LogP contribution is -1.96. The normalized spacial score (nSPS) is 12.1. The van der Waals surface area contributed by atoms with Crippen LogP contribution < -0.4 is 0 Å². The second-order valence-electron chi connectivity index (χ2n) is 12.9. The zero-order valence-corrected chi connectivity index (χ0v) is 26.5. The highest BCUT2D eigenvalue weighted by atomic mass is 16.3. The summed E-state index contributed by atoms with van der Waals surface area (Å²) in [5.41, 5.74) is 11.2. The molecule has 0 bridgehead atoms. The Hall–Kier alpha value is -6.58. The van der Waals surface area contributed by atoms with Crippen LogP contribution in [0.5, 0.6) is 0 Å². The van der Waals surface area contributed by atoms with Gasteiger partial charge in [-0.25, -0.2) is 0 Å². The summed E-state index contributed by atoms with van der Waals surface area (Å²) < 4.78 is 11.3. The first kappa shape index (κ1) is 26.5. The Balaban J connectivity index is 1.21. The minimum absolute atomic E-state index is 0.894. The maximum atomic E-state index is 6.38. The molecule has 3 heterocycles. The predicted molar refractivity (Wildman–Crippen MR) is 205 cm³/mol. The number of para-hydroxylation sites is 3. The Morgan fingerprint density at radius 2 is 1.04 bits per heavy atom. The lowest BCUT2D eigenvalue weighted by molar-refractivity contribution is 0.669. The molecule has 0 saturated heterocycles. The number of hydrogen-bond donors (Lipinski definition) is 0. The molecule has 0 spiro atoms. The van der Waals surface area contributed by atoms with E-state index in [2.05, 4.69) is 173 Å². The van der Waals surface area contributed by atoms with Crippen LogP contribution in [0.2, 0.25) is 0 Å². The topological polar surface area (TPSA) is 23.0 Å². The van der Waals surface area contributed by atoms with Gasteiger partial charge in [-0.1, -0.05) is 115 Å². The molecule has 0 aliphatic rings. The van der Waals surface area contributed by atoms with Crippen LogP contribution in [-0.2, 0) is 0 Å². The number of hydrogen-bond acceptors (Lipinski definition) is 1.